The molecule has 3 heterocycles. The number of carbonyl (C=O) groups is 1. The molecular weight excluding hydrogens is 398 g/mol. The van der Waals surface area contributed by atoms with Gasteiger partial charge in [-0.3, -0.25) is 14.9 Å². The van der Waals surface area contributed by atoms with E-state index < -0.39 is 0 Å². The van der Waals surface area contributed by atoms with Crippen LogP contribution in [0.15, 0.2) is 30.6 Å². The van der Waals surface area contributed by atoms with Crippen molar-refractivity contribution >= 4 is 23.1 Å². The molecule has 0 bridgehead atoms. The van der Waals surface area contributed by atoms with E-state index in [9.17, 15) is 14.9 Å². The molecular formula is C21H27N7O3. The average Bonchev–Trinajstić information content (AvgIpc) is 2.79. The minimum Gasteiger partial charge on any atom is -0.363 e. The van der Waals surface area contributed by atoms with Gasteiger partial charge in [-0.25, -0.2) is 9.97 Å². The molecule has 0 atom stereocenters. The summed E-state index contributed by atoms with van der Waals surface area (Å²) < 4.78 is 0. The number of nitro benzene ring substituents is 1. The third-order valence-electron chi connectivity index (χ3n) is 5.94. The number of carbonyl (C=O) groups excluding carboxylic acids is 1. The summed E-state index contributed by atoms with van der Waals surface area (Å²) in [6, 6.07) is 6.79. The molecule has 2 aliphatic heterocycles. The number of aromatic nitrogens is 2. The fraction of sp³-hybridized carbons (Fsp3) is 0.476. The van der Waals surface area contributed by atoms with Gasteiger partial charge in [0.25, 0.3) is 11.6 Å². The molecule has 10 heteroatoms. The number of aryl methyl sites for hydroxylation is 1. The van der Waals surface area contributed by atoms with Crippen molar-refractivity contribution in [2.45, 2.75) is 6.92 Å². The molecule has 0 N–H and O–H groups in total. The van der Waals surface area contributed by atoms with Crippen LogP contribution in [0.2, 0.25) is 0 Å². The number of nitrogens with zero attached hydrogens (tertiary/aromatic N) is 7. The lowest BCUT2D eigenvalue weighted by atomic mass is 10.1. The molecule has 0 saturated carbocycles. The quantitative estimate of drug-likeness (QED) is 0.536. The third-order valence-corrected chi connectivity index (χ3v) is 5.94. The highest BCUT2D eigenvalue weighted by atomic mass is 16.6. The van der Waals surface area contributed by atoms with Crippen LogP contribution in [0.1, 0.15) is 16.1 Å². The lowest BCUT2D eigenvalue weighted by Crippen LogP contribution is -2.49. The number of benzene rings is 1. The molecule has 31 heavy (non-hydrogen) atoms. The van der Waals surface area contributed by atoms with Crippen molar-refractivity contribution in [1.82, 2.24) is 19.8 Å². The van der Waals surface area contributed by atoms with Crippen LogP contribution in [0.25, 0.3) is 0 Å². The van der Waals surface area contributed by atoms with Gasteiger partial charge in [-0.2, -0.15) is 0 Å². The zero-order valence-electron chi connectivity index (χ0n) is 17.9. The molecule has 4 rings (SSSR count). The van der Waals surface area contributed by atoms with Gasteiger partial charge >= 0.3 is 0 Å². The van der Waals surface area contributed by atoms with Gasteiger partial charge in [0.15, 0.2) is 0 Å². The van der Waals surface area contributed by atoms with E-state index in [1.807, 2.05) is 24.9 Å². The second kappa shape index (κ2) is 8.84. The summed E-state index contributed by atoms with van der Waals surface area (Å²) in [5.74, 6) is 0.679. The molecule has 2 fully saturated rings. The van der Waals surface area contributed by atoms with Crippen molar-refractivity contribution < 1.29 is 9.72 Å². The zero-order valence-corrected chi connectivity index (χ0v) is 17.9. The normalized spacial score (nSPS) is 17.7. The van der Waals surface area contributed by atoms with E-state index in [2.05, 4.69) is 19.8 Å². The zero-order chi connectivity index (χ0) is 22.0. The maximum atomic E-state index is 13.0. The van der Waals surface area contributed by atoms with Gasteiger partial charge in [0, 0.05) is 75.7 Å². The first-order valence-corrected chi connectivity index (χ1v) is 10.5. The largest absolute Gasteiger partial charge is 0.363 e. The Hall–Kier alpha value is -3.27. The summed E-state index contributed by atoms with van der Waals surface area (Å²) in [6.45, 7) is 7.48. The fourth-order valence-electron chi connectivity index (χ4n) is 4.05. The summed E-state index contributed by atoms with van der Waals surface area (Å²) in [5, 5.41) is 11.7. The molecule has 1 aromatic heterocycles. The van der Waals surface area contributed by atoms with Crippen LogP contribution >= 0.6 is 0 Å². The highest BCUT2D eigenvalue weighted by molar-refractivity contribution is 5.96. The van der Waals surface area contributed by atoms with Crippen LogP contribution in [0.5, 0.6) is 0 Å². The summed E-state index contributed by atoms with van der Waals surface area (Å²) in [4.78, 5) is 40.9. The van der Waals surface area contributed by atoms with Gasteiger partial charge in [-0.1, -0.05) is 0 Å². The molecule has 10 nitrogen and oxygen atoms in total. The van der Waals surface area contributed by atoms with E-state index in [0.29, 0.717) is 37.4 Å². The van der Waals surface area contributed by atoms with E-state index in [1.165, 1.54) is 6.07 Å². The van der Waals surface area contributed by atoms with Crippen LogP contribution in [0.4, 0.5) is 17.2 Å². The standard InChI is InChI=1S/C21H27N7O3/c1-16-13-20(23-15-22-16)26-9-11-27(12-10-26)21(29)17-3-4-18(19(14-17)28(30)31)25-7-5-24(2)6-8-25/h3-4,13-15H,5-12H2,1-2H3. The summed E-state index contributed by atoms with van der Waals surface area (Å²) in [7, 11) is 2.04. The van der Waals surface area contributed by atoms with Gasteiger partial charge in [-0.05, 0) is 26.1 Å². The van der Waals surface area contributed by atoms with Crippen molar-refractivity contribution in [3.63, 3.8) is 0 Å². The van der Waals surface area contributed by atoms with E-state index >= 15 is 0 Å². The SMILES string of the molecule is Cc1cc(N2CCN(C(=O)c3ccc(N4CCN(C)CC4)c([N+](=O)[O-])c3)CC2)ncn1. The number of likely N-dealkylation sites (N-methyl/N-ethyl adjacent to an activating group) is 1. The lowest BCUT2D eigenvalue weighted by molar-refractivity contribution is -0.384. The minimum absolute atomic E-state index is 0.00880. The van der Waals surface area contributed by atoms with Crippen LogP contribution in [-0.4, -0.2) is 90.0 Å². The van der Waals surface area contributed by atoms with Crippen molar-refractivity contribution in [3.05, 3.63) is 52.0 Å². The first-order valence-electron chi connectivity index (χ1n) is 10.5. The number of hydrogen-bond acceptors (Lipinski definition) is 8. The number of nitro groups is 1. The van der Waals surface area contributed by atoms with Crippen LogP contribution in [0.3, 0.4) is 0 Å². The predicted molar refractivity (Wildman–Crippen MR) is 118 cm³/mol. The second-order valence-electron chi connectivity index (χ2n) is 8.05. The molecule has 0 unspecified atom stereocenters. The number of amides is 1. The molecule has 1 aromatic carbocycles. The molecule has 164 valence electrons. The molecule has 1 amide bonds. The van der Waals surface area contributed by atoms with Gasteiger partial charge in [0.1, 0.15) is 17.8 Å². The van der Waals surface area contributed by atoms with E-state index in [0.717, 1.165) is 37.7 Å². The topological polar surface area (TPSA) is 99.0 Å². The molecule has 2 aliphatic rings. The summed E-state index contributed by atoms with van der Waals surface area (Å²) >= 11 is 0. The van der Waals surface area contributed by atoms with Gasteiger partial charge in [0.2, 0.25) is 0 Å². The highest BCUT2D eigenvalue weighted by Crippen LogP contribution is 2.30. The molecule has 0 radical (unpaired) electrons. The highest BCUT2D eigenvalue weighted by Gasteiger charge is 2.27. The molecule has 0 spiro atoms. The van der Waals surface area contributed by atoms with E-state index in [-0.39, 0.29) is 16.5 Å². The Kier molecular flexibility index (Phi) is 5.99. The Balaban J connectivity index is 1.46. The first-order chi connectivity index (χ1) is 14.9. The van der Waals surface area contributed by atoms with Crippen molar-refractivity contribution in [1.29, 1.82) is 0 Å². The van der Waals surface area contributed by atoms with Crippen LogP contribution in [0, 0.1) is 17.0 Å². The molecule has 2 saturated heterocycles. The number of rotatable bonds is 4. The van der Waals surface area contributed by atoms with Crippen molar-refractivity contribution in [2.75, 3.05) is 69.2 Å². The molecule has 2 aromatic rings. The Morgan fingerprint density at radius 1 is 0.968 bits per heavy atom. The van der Waals surface area contributed by atoms with E-state index in [4.69, 9.17) is 0 Å². The summed E-state index contributed by atoms with van der Waals surface area (Å²) in [5.41, 5.74) is 1.83. The number of hydrogen-bond donors (Lipinski definition) is 0. The Morgan fingerprint density at radius 2 is 1.65 bits per heavy atom. The monoisotopic (exact) mass is 425 g/mol. The van der Waals surface area contributed by atoms with Crippen LogP contribution in [-0.2, 0) is 0 Å². The number of anilines is 2. The minimum atomic E-state index is -0.389. The smallest absolute Gasteiger partial charge is 0.293 e. The fourth-order valence-corrected chi connectivity index (χ4v) is 4.05. The molecule has 0 aliphatic carbocycles. The lowest BCUT2D eigenvalue weighted by Gasteiger charge is -2.35. The Labute approximate surface area is 181 Å². The third kappa shape index (κ3) is 4.58. The maximum Gasteiger partial charge on any atom is 0.293 e. The Morgan fingerprint density at radius 3 is 2.29 bits per heavy atom. The first kappa shape index (κ1) is 21.0. The van der Waals surface area contributed by atoms with Gasteiger partial charge < -0.3 is 19.6 Å². The predicted octanol–water partition coefficient (Wildman–Crippen LogP) is 1.41. The summed E-state index contributed by atoms with van der Waals surface area (Å²) in [6.07, 6.45) is 1.54. The Bertz CT molecular complexity index is 967. The number of piperazine rings is 2. The second-order valence-corrected chi connectivity index (χ2v) is 8.05. The van der Waals surface area contributed by atoms with Gasteiger partial charge in [-0.15, -0.1) is 0 Å². The van der Waals surface area contributed by atoms with Crippen molar-refractivity contribution in [2.24, 2.45) is 0 Å². The average molecular weight is 425 g/mol. The van der Waals surface area contributed by atoms with Gasteiger partial charge in [0.05, 0.1) is 4.92 Å². The van der Waals surface area contributed by atoms with E-state index in [1.54, 1.807) is 23.4 Å². The maximum absolute atomic E-state index is 13.0. The van der Waals surface area contributed by atoms with Crippen molar-refractivity contribution in [3.8, 4) is 0 Å². The van der Waals surface area contributed by atoms with Crippen LogP contribution < -0.4 is 9.80 Å².